The molecule has 0 N–H and O–H groups in total. The van der Waals surface area contributed by atoms with Gasteiger partial charge in [0.1, 0.15) is 11.1 Å². The Kier molecular flexibility index (Phi) is 9.53. The Labute approximate surface area is 120 Å². The molecule has 0 amide bonds. The minimum Gasteiger partial charge on any atom is -0.223 e. The van der Waals surface area contributed by atoms with E-state index in [-0.39, 0.29) is 5.75 Å². The van der Waals surface area contributed by atoms with Crippen LogP contribution in [0.4, 0.5) is 0 Å². The summed E-state index contributed by atoms with van der Waals surface area (Å²) in [7, 11) is -3.58. The maximum Gasteiger partial charge on any atom is 0.191 e. The number of halogens is 2. The van der Waals surface area contributed by atoms with Gasteiger partial charge in [-0.15, -0.1) is 0 Å². The summed E-state index contributed by atoms with van der Waals surface area (Å²) in [6.07, 6.45) is 7.20. The summed E-state index contributed by atoms with van der Waals surface area (Å²) in [6.45, 7) is 2.15. The van der Waals surface area contributed by atoms with Gasteiger partial charge in [0, 0.05) is 0 Å². The van der Waals surface area contributed by atoms with Gasteiger partial charge in [-0.2, -0.15) is 5.26 Å². The van der Waals surface area contributed by atoms with Gasteiger partial charge in [0.15, 0.2) is 14.2 Å². The molecule has 0 bridgehead atoms. The van der Waals surface area contributed by atoms with Crippen LogP contribution in [-0.4, -0.2) is 14.2 Å². The second-order valence-electron chi connectivity index (χ2n) is 4.14. The van der Waals surface area contributed by atoms with E-state index in [1.165, 1.54) is 25.3 Å². The lowest BCUT2D eigenvalue weighted by atomic mass is 10.1. The predicted molar refractivity (Wildman–Crippen MR) is 76.1 cm³/mol. The highest BCUT2D eigenvalue weighted by Crippen LogP contribution is 2.21. The summed E-state index contributed by atoms with van der Waals surface area (Å²) in [5.74, 6) is -0.0441. The van der Waals surface area contributed by atoms with Crippen molar-refractivity contribution < 1.29 is 8.42 Å². The summed E-state index contributed by atoms with van der Waals surface area (Å²) in [4.78, 5) is 0. The highest BCUT2D eigenvalue weighted by atomic mass is 35.5. The average molecular weight is 312 g/mol. The first-order chi connectivity index (χ1) is 8.45. The molecule has 0 aromatic rings. The fraction of sp³-hybridized carbons (Fsp3) is 0.750. The third-order valence-corrected chi connectivity index (χ3v) is 5.51. The first-order valence-corrected chi connectivity index (χ1v) is 8.54. The molecular formula is C12H19Cl2NO2S. The number of allylic oxidation sites excluding steroid dienone is 1. The smallest absolute Gasteiger partial charge is 0.191 e. The molecule has 0 fully saturated rings. The van der Waals surface area contributed by atoms with Crippen LogP contribution in [0.2, 0.25) is 0 Å². The van der Waals surface area contributed by atoms with Crippen molar-refractivity contribution in [1.29, 1.82) is 5.26 Å². The zero-order chi connectivity index (χ0) is 14.0. The molecule has 0 heterocycles. The van der Waals surface area contributed by atoms with Crippen molar-refractivity contribution in [1.82, 2.24) is 0 Å². The lowest BCUT2D eigenvalue weighted by Gasteiger charge is -2.03. The van der Waals surface area contributed by atoms with Crippen LogP contribution in [0, 0.1) is 11.3 Å². The molecule has 0 rings (SSSR count). The molecule has 0 aliphatic carbocycles. The summed E-state index contributed by atoms with van der Waals surface area (Å²) < 4.78 is 22.8. The van der Waals surface area contributed by atoms with E-state index in [0.29, 0.717) is 6.42 Å². The van der Waals surface area contributed by atoms with E-state index in [9.17, 15) is 8.42 Å². The molecule has 0 atom stereocenters. The largest absolute Gasteiger partial charge is 0.223 e. The van der Waals surface area contributed by atoms with Crippen molar-refractivity contribution in [2.75, 3.05) is 5.75 Å². The Bertz CT molecular complexity index is 410. The van der Waals surface area contributed by atoms with Gasteiger partial charge in [0.05, 0.1) is 5.75 Å². The van der Waals surface area contributed by atoms with Gasteiger partial charge in [-0.1, -0.05) is 68.7 Å². The highest BCUT2D eigenvalue weighted by molar-refractivity contribution is 7.96. The van der Waals surface area contributed by atoms with Gasteiger partial charge in [0.2, 0.25) is 0 Å². The van der Waals surface area contributed by atoms with Gasteiger partial charge in [-0.25, -0.2) is 8.42 Å². The number of unbranched alkanes of at least 4 members (excludes halogenated alkanes) is 6. The van der Waals surface area contributed by atoms with Gasteiger partial charge >= 0.3 is 0 Å². The summed E-state index contributed by atoms with van der Waals surface area (Å²) in [6, 6.07) is 1.53. The van der Waals surface area contributed by atoms with Gasteiger partial charge in [-0.3, -0.25) is 0 Å². The van der Waals surface area contributed by atoms with Gasteiger partial charge < -0.3 is 0 Å². The lowest BCUT2D eigenvalue weighted by molar-refractivity contribution is 0.584. The molecule has 3 nitrogen and oxygen atoms in total. The van der Waals surface area contributed by atoms with Crippen LogP contribution in [0.5, 0.6) is 0 Å². The SMILES string of the molecule is CCCCCCCCCS(=O)(=O)/C(Cl)=C(/Cl)C#N. The fourth-order valence-corrected chi connectivity index (χ4v) is 3.23. The fourth-order valence-electron chi connectivity index (χ4n) is 1.52. The van der Waals surface area contributed by atoms with Gasteiger partial charge in [0.25, 0.3) is 0 Å². The summed E-state index contributed by atoms with van der Waals surface area (Å²) >= 11 is 10.9. The molecule has 0 unspecified atom stereocenters. The van der Waals surface area contributed by atoms with Crippen molar-refractivity contribution >= 4 is 33.0 Å². The van der Waals surface area contributed by atoms with Crippen LogP contribution in [0.25, 0.3) is 0 Å². The van der Waals surface area contributed by atoms with Crippen LogP contribution in [0.3, 0.4) is 0 Å². The van der Waals surface area contributed by atoms with E-state index < -0.39 is 19.2 Å². The predicted octanol–water partition coefficient (Wildman–Crippen LogP) is 4.32. The van der Waals surface area contributed by atoms with Crippen LogP contribution in [-0.2, 0) is 9.84 Å². The number of rotatable bonds is 9. The lowest BCUT2D eigenvalue weighted by Crippen LogP contribution is -2.07. The standard InChI is InChI=1S/C12H19Cl2NO2S/c1-2-3-4-5-6-7-8-9-18(16,17)12(14)11(13)10-15/h2-9H2,1H3/b12-11+. The second kappa shape index (κ2) is 9.66. The Morgan fingerprint density at radius 3 is 2.06 bits per heavy atom. The maximum absolute atomic E-state index is 11.6. The molecule has 0 saturated heterocycles. The number of nitrogens with zero attached hydrogens (tertiary/aromatic N) is 1. The van der Waals surface area contributed by atoms with Crippen LogP contribution in [0.15, 0.2) is 9.40 Å². The number of hydrogen-bond acceptors (Lipinski definition) is 3. The van der Waals surface area contributed by atoms with E-state index in [1.54, 1.807) is 0 Å². The highest BCUT2D eigenvalue weighted by Gasteiger charge is 2.19. The van der Waals surface area contributed by atoms with E-state index in [1.807, 2.05) is 0 Å². The maximum atomic E-state index is 11.6. The molecule has 0 radical (unpaired) electrons. The van der Waals surface area contributed by atoms with Gasteiger partial charge in [-0.05, 0) is 6.42 Å². The summed E-state index contributed by atoms with van der Waals surface area (Å²) in [5, 5.41) is 8.01. The normalized spacial score (nSPS) is 13.0. The number of sulfone groups is 1. The first-order valence-electron chi connectivity index (χ1n) is 6.13. The molecule has 104 valence electrons. The Morgan fingerprint density at radius 1 is 1.06 bits per heavy atom. The van der Waals surface area contributed by atoms with Crippen molar-refractivity contribution in [3.05, 3.63) is 9.40 Å². The first kappa shape index (κ1) is 17.8. The monoisotopic (exact) mass is 311 g/mol. The van der Waals surface area contributed by atoms with Crippen LogP contribution < -0.4 is 0 Å². The quantitative estimate of drug-likeness (QED) is 0.470. The Hall–Kier alpha value is -0.240. The number of hydrogen-bond donors (Lipinski definition) is 0. The van der Waals surface area contributed by atoms with E-state index in [2.05, 4.69) is 6.92 Å². The molecule has 0 aliphatic rings. The molecular weight excluding hydrogens is 293 g/mol. The second-order valence-corrected chi connectivity index (χ2v) is 7.17. The van der Waals surface area contributed by atoms with Crippen molar-refractivity contribution in [3.63, 3.8) is 0 Å². The molecule has 0 spiro atoms. The molecule has 18 heavy (non-hydrogen) atoms. The van der Waals surface area contributed by atoms with E-state index >= 15 is 0 Å². The van der Waals surface area contributed by atoms with Crippen molar-refractivity contribution in [3.8, 4) is 6.07 Å². The Morgan fingerprint density at radius 2 is 1.56 bits per heavy atom. The third kappa shape index (κ3) is 7.25. The molecule has 0 aromatic carbocycles. The average Bonchev–Trinajstić information content (AvgIpc) is 2.35. The molecule has 0 aromatic heterocycles. The van der Waals surface area contributed by atoms with Crippen LogP contribution in [0.1, 0.15) is 51.9 Å². The van der Waals surface area contributed by atoms with Crippen molar-refractivity contribution in [2.45, 2.75) is 51.9 Å². The zero-order valence-corrected chi connectivity index (χ0v) is 12.9. The number of nitriles is 1. The topological polar surface area (TPSA) is 57.9 Å². The van der Waals surface area contributed by atoms with Crippen molar-refractivity contribution in [2.24, 2.45) is 0 Å². The van der Waals surface area contributed by atoms with E-state index in [0.717, 1.165) is 19.3 Å². The zero-order valence-electron chi connectivity index (χ0n) is 10.6. The molecule has 6 heteroatoms. The molecule has 0 saturated carbocycles. The third-order valence-electron chi connectivity index (χ3n) is 2.56. The summed E-state index contributed by atoms with van der Waals surface area (Å²) in [5.41, 5.74) is 0. The minimum atomic E-state index is -3.58. The molecule has 0 aliphatic heterocycles. The van der Waals surface area contributed by atoms with Crippen LogP contribution >= 0.6 is 23.2 Å². The Balaban J connectivity index is 3.97. The minimum absolute atomic E-state index is 0.0441. The van der Waals surface area contributed by atoms with E-state index in [4.69, 9.17) is 28.5 Å².